The third-order valence-electron chi connectivity index (χ3n) is 3.17. The number of aromatic nitrogens is 3. The molecule has 3 aromatic rings. The van der Waals surface area contributed by atoms with E-state index in [1.807, 2.05) is 19.1 Å². The van der Waals surface area contributed by atoms with Gasteiger partial charge < -0.3 is 0 Å². The molecule has 8 heteroatoms. The van der Waals surface area contributed by atoms with Gasteiger partial charge in [0.25, 0.3) is 0 Å². The average molecular weight is 334 g/mol. The molecule has 0 bridgehead atoms. The molecule has 0 fully saturated rings. The molecule has 0 spiro atoms. The van der Waals surface area contributed by atoms with E-state index in [-0.39, 0.29) is 4.90 Å². The number of sulfonamides is 1. The number of benzene rings is 1. The first-order valence-corrected chi connectivity index (χ1v) is 8.87. The minimum Gasteiger partial charge on any atom is -0.282 e. The van der Waals surface area contributed by atoms with Crippen LogP contribution in [0.2, 0.25) is 0 Å². The van der Waals surface area contributed by atoms with Crippen LogP contribution in [-0.2, 0) is 16.4 Å². The third-order valence-corrected chi connectivity index (χ3v) is 5.28. The van der Waals surface area contributed by atoms with Gasteiger partial charge in [0.15, 0.2) is 0 Å². The molecule has 0 atom stereocenters. The van der Waals surface area contributed by atoms with E-state index in [0.29, 0.717) is 6.42 Å². The zero-order valence-electron chi connectivity index (χ0n) is 11.8. The average Bonchev–Trinajstić information content (AvgIpc) is 3.08. The number of aromatic amines is 1. The molecule has 0 amide bonds. The molecule has 6 nitrogen and oxygen atoms in total. The van der Waals surface area contributed by atoms with Crippen molar-refractivity contribution in [1.82, 2.24) is 15.2 Å². The maximum atomic E-state index is 11.5. The highest BCUT2D eigenvalue weighted by Crippen LogP contribution is 2.31. The normalized spacial score (nSPS) is 11.7. The van der Waals surface area contributed by atoms with Crippen LogP contribution in [0, 0.1) is 6.92 Å². The molecule has 0 saturated heterocycles. The minimum absolute atomic E-state index is 0.105. The van der Waals surface area contributed by atoms with Crippen molar-refractivity contribution in [1.29, 1.82) is 0 Å². The fourth-order valence-corrected chi connectivity index (χ4v) is 3.80. The number of nitrogens with one attached hydrogen (secondary N) is 1. The summed E-state index contributed by atoms with van der Waals surface area (Å²) in [6.45, 7) is 1.91. The first kappa shape index (κ1) is 14.9. The molecule has 3 N–H and O–H groups in total. The van der Waals surface area contributed by atoms with Crippen molar-refractivity contribution in [3.05, 3.63) is 52.9 Å². The van der Waals surface area contributed by atoms with Gasteiger partial charge in [-0.1, -0.05) is 12.1 Å². The second kappa shape index (κ2) is 5.64. The van der Waals surface area contributed by atoms with Crippen LogP contribution in [0.4, 0.5) is 0 Å². The van der Waals surface area contributed by atoms with Crippen LogP contribution < -0.4 is 5.14 Å². The van der Waals surface area contributed by atoms with Crippen LogP contribution in [0.5, 0.6) is 0 Å². The summed E-state index contributed by atoms with van der Waals surface area (Å²) in [6, 6.07) is 8.51. The molecule has 2 heterocycles. The number of H-pyrrole nitrogens is 1. The zero-order valence-corrected chi connectivity index (χ0v) is 13.4. The number of nitrogens with two attached hydrogens (primary N) is 1. The van der Waals surface area contributed by atoms with E-state index in [1.54, 1.807) is 18.3 Å². The monoisotopic (exact) mass is 334 g/mol. The van der Waals surface area contributed by atoms with Gasteiger partial charge in [0, 0.05) is 18.3 Å². The number of rotatable bonds is 4. The smallest absolute Gasteiger partial charge is 0.238 e. The highest BCUT2D eigenvalue weighted by molar-refractivity contribution is 7.89. The van der Waals surface area contributed by atoms with Crippen LogP contribution >= 0.6 is 11.3 Å². The third kappa shape index (κ3) is 3.08. The van der Waals surface area contributed by atoms with Crippen molar-refractivity contribution in [2.24, 2.45) is 5.14 Å². The van der Waals surface area contributed by atoms with E-state index in [2.05, 4.69) is 15.2 Å². The van der Waals surface area contributed by atoms with Crippen molar-refractivity contribution in [2.45, 2.75) is 18.2 Å². The molecule has 1 aromatic carbocycles. The second-order valence-corrected chi connectivity index (χ2v) is 7.50. The zero-order chi connectivity index (χ0) is 15.7. The maximum Gasteiger partial charge on any atom is 0.238 e. The second-order valence-electron chi connectivity index (χ2n) is 4.85. The number of hydrogen-bond donors (Lipinski definition) is 2. The topological polar surface area (TPSA) is 102 Å². The molecule has 0 unspecified atom stereocenters. The molecule has 0 radical (unpaired) electrons. The summed E-state index contributed by atoms with van der Waals surface area (Å²) in [5, 5.41) is 12.9. The fourth-order valence-electron chi connectivity index (χ4n) is 2.16. The predicted molar refractivity (Wildman–Crippen MR) is 85.1 cm³/mol. The SMILES string of the molecule is Cc1nc(Cc2ccn[nH]2)sc1-c1cccc(S(N)(=O)=O)c1. The molecule has 2 aromatic heterocycles. The Morgan fingerprint density at radius 3 is 2.82 bits per heavy atom. The van der Waals surface area contributed by atoms with Crippen molar-refractivity contribution in [3.8, 4) is 10.4 Å². The molecular weight excluding hydrogens is 320 g/mol. The molecule has 22 heavy (non-hydrogen) atoms. The first-order valence-electron chi connectivity index (χ1n) is 6.51. The lowest BCUT2D eigenvalue weighted by molar-refractivity contribution is 0.598. The Labute approximate surface area is 132 Å². The Morgan fingerprint density at radius 1 is 1.32 bits per heavy atom. The van der Waals surface area contributed by atoms with Crippen LogP contribution in [0.1, 0.15) is 16.4 Å². The fraction of sp³-hybridized carbons (Fsp3) is 0.143. The van der Waals surface area contributed by atoms with Gasteiger partial charge in [0.2, 0.25) is 10.0 Å². The molecule has 0 aliphatic rings. The van der Waals surface area contributed by atoms with E-state index in [1.165, 1.54) is 17.4 Å². The standard InChI is InChI=1S/C14H14N4O2S2/c1-9-14(10-3-2-4-12(7-10)22(15,19)20)21-13(17-9)8-11-5-6-16-18-11/h2-7H,8H2,1H3,(H,16,18)(H2,15,19,20). The minimum atomic E-state index is -3.71. The number of hydrogen-bond acceptors (Lipinski definition) is 5. The summed E-state index contributed by atoms with van der Waals surface area (Å²) in [4.78, 5) is 5.59. The van der Waals surface area contributed by atoms with Gasteiger partial charge in [-0.25, -0.2) is 18.5 Å². The summed E-state index contributed by atoms with van der Waals surface area (Å²) in [7, 11) is -3.71. The summed E-state index contributed by atoms with van der Waals surface area (Å²) in [5.41, 5.74) is 2.65. The van der Waals surface area contributed by atoms with Gasteiger partial charge in [-0.3, -0.25) is 5.10 Å². The van der Waals surface area contributed by atoms with Crippen molar-refractivity contribution in [2.75, 3.05) is 0 Å². The maximum absolute atomic E-state index is 11.5. The Hall–Kier alpha value is -2.03. The number of primary sulfonamides is 1. The van der Waals surface area contributed by atoms with Crippen molar-refractivity contribution < 1.29 is 8.42 Å². The van der Waals surface area contributed by atoms with Crippen LogP contribution in [-0.4, -0.2) is 23.6 Å². The van der Waals surface area contributed by atoms with Crippen molar-refractivity contribution >= 4 is 21.4 Å². The first-order chi connectivity index (χ1) is 10.4. The van der Waals surface area contributed by atoms with E-state index >= 15 is 0 Å². The van der Waals surface area contributed by atoms with Gasteiger partial charge >= 0.3 is 0 Å². The lowest BCUT2D eigenvalue weighted by atomic mass is 10.2. The van der Waals surface area contributed by atoms with E-state index in [9.17, 15) is 8.42 Å². The van der Waals surface area contributed by atoms with E-state index < -0.39 is 10.0 Å². The number of thiazole rings is 1. The lowest BCUT2D eigenvalue weighted by Crippen LogP contribution is -2.11. The number of nitrogens with zero attached hydrogens (tertiary/aromatic N) is 2. The quantitative estimate of drug-likeness (QED) is 0.762. The largest absolute Gasteiger partial charge is 0.282 e. The molecule has 0 aliphatic carbocycles. The molecule has 3 rings (SSSR count). The van der Waals surface area contributed by atoms with E-state index in [4.69, 9.17) is 5.14 Å². The Balaban J connectivity index is 1.97. The Kier molecular flexibility index (Phi) is 3.81. The summed E-state index contributed by atoms with van der Waals surface area (Å²) in [6.07, 6.45) is 2.37. The van der Waals surface area contributed by atoms with Gasteiger partial charge in [-0.05, 0) is 30.7 Å². The summed E-state index contributed by atoms with van der Waals surface area (Å²) >= 11 is 1.54. The predicted octanol–water partition coefficient (Wildman–Crippen LogP) is 2.08. The molecule has 0 saturated carbocycles. The molecule has 0 aliphatic heterocycles. The van der Waals surface area contributed by atoms with Gasteiger partial charge in [0.05, 0.1) is 20.5 Å². The van der Waals surface area contributed by atoms with Crippen LogP contribution in [0.3, 0.4) is 0 Å². The van der Waals surface area contributed by atoms with Gasteiger partial charge in [0.1, 0.15) is 0 Å². The van der Waals surface area contributed by atoms with Crippen LogP contribution in [0.25, 0.3) is 10.4 Å². The van der Waals surface area contributed by atoms with Gasteiger partial charge in [-0.15, -0.1) is 11.3 Å². The summed E-state index contributed by atoms with van der Waals surface area (Å²) < 4.78 is 22.9. The van der Waals surface area contributed by atoms with Crippen LogP contribution in [0.15, 0.2) is 41.4 Å². The Bertz CT molecular complexity index is 899. The molecular formula is C14H14N4O2S2. The highest BCUT2D eigenvalue weighted by atomic mass is 32.2. The number of aryl methyl sites for hydroxylation is 1. The molecule has 114 valence electrons. The highest BCUT2D eigenvalue weighted by Gasteiger charge is 2.14. The summed E-state index contributed by atoms with van der Waals surface area (Å²) in [5.74, 6) is 0. The van der Waals surface area contributed by atoms with E-state index in [0.717, 1.165) is 26.8 Å². The van der Waals surface area contributed by atoms with Gasteiger partial charge in [-0.2, -0.15) is 5.10 Å². The van der Waals surface area contributed by atoms with Crippen molar-refractivity contribution in [3.63, 3.8) is 0 Å². The Morgan fingerprint density at radius 2 is 2.14 bits per heavy atom. The lowest BCUT2D eigenvalue weighted by Gasteiger charge is -2.02.